The number of cyclic esters (lactones) is 1. The zero-order chi connectivity index (χ0) is 19.4. The van der Waals surface area contributed by atoms with Crippen molar-refractivity contribution in [2.75, 3.05) is 17.7 Å². The summed E-state index contributed by atoms with van der Waals surface area (Å²) in [7, 11) is 0. The molecular weight excluding hydrogens is 358 g/mol. The maximum atomic E-state index is 11.6. The average molecular weight is 386 g/mol. The van der Waals surface area contributed by atoms with Crippen molar-refractivity contribution in [1.29, 1.82) is 0 Å². The van der Waals surface area contributed by atoms with Gasteiger partial charge in [-0.3, -0.25) is 5.32 Å². The van der Waals surface area contributed by atoms with E-state index in [9.17, 15) is 4.79 Å². The van der Waals surface area contributed by atoms with Crippen LogP contribution in [0.3, 0.4) is 0 Å². The molecular formula is C22H27NO3S. The number of aryl methyl sites for hydroxylation is 2. The van der Waals surface area contributed by atoms with Gasteiger partial charge in [0.15, 0.2) is 0 Å². The van der Waals surface area contributed by atoms with E-state index < -0.39 is 11.7 Å². The van der Waals surface area contributed by atoms with Crippen molar-refractivity contribution in [3.05, 3.63) is 53.1 Å². The second-order valence-electron chi connectivity index (χ2n) is 7.38. The first-order valence-electron chi connectivity index (χ1n) is 9.32. The van der Waals surface area contributed by atoms with Crippen LogP contribution in [0.1, 0.15) is 43.4 Å². The van der Waals surface area contributed by atoms with Crippen LogP contribution in [0.2, 0.25) is 0 Å². The van der Waals surface area contributed by atoms with Crippen LogP contribution in [0.5, 0.6) is 5.75 Å². The van der Waals surface area contributed by atoms with Gasteiger partial charge in [0.1, 0.15) is 11.4 Å². The number of nitrogens with one attached hydrogen (secondary N) is 1. The van der Waals surface area contributed by atoms with E-state index in [-0.39, 0.29) is 0 Å². The first kappa shape index (κ1) is 19.6. The van der Waals surface area contributed by atoms with E-state index in [0.29, 0.717) is 6.61 Å². The maximum absolute atomic E-state index is 11.6. The SMILES string of the molecule is Cc1ccc(SCCCCOc2ccc3c(c2)C(C)(C)OC(=O)N3)cc1C. The summed E-state index contributed by atoms with van der Waals surface area (Å²) in [5.41, 5.74) is 3.75. The number of unbranched alkanes of at least 4 members (excludes halogenated alkanes) is 1. The van der Waals surface area contributed by atoms with Gasteiger partial charge in [-0.2, -0.15) is 0 Å². The quantitative estimate of drug-likeness (QED) is 0.465. The summed E-state index contributed by atoms with van der Waals surface area (Å²) in [6.07, 6.45) is 1.70. The Labute approximate surface area is 165 Å². The van der Waals surface area contributed by atoms with Crippen LogP contribution in [0.25, 0.3) is 0 Å². The van der Waals surface area contributed by atoms with Gasteiger partial charge in [-0.05, 0) is 87.7 Å². The topological polar surface area (TPSA) is 47.6 Å². The van der Waals surface area contributed by atoms with Crippen molar-refractivity contribution >= 4 is 23.5 Å². The highest BCUT2D eigenvalue weighted by atomic mass is 32.2. The van der Waals surface area contributed by atoms with Gasteiger partial charge in [0, 0.05) is 10.5 Å². The van der Waals surface area contributed by atoms with Crippen molar-refractivity contribution in [2.45, 2.75) is 51.0 Å². The molecule has 0 unspecified atom stereocenters. The number of anilines is 1. The summed E-state index contributed by atoms with van der Waals surface area (Å²) < 4.78 is 11.3. The summed E-state index contributed by atoms with van der Waals surface area (Å²) in [5.74, 6) is 1.89. The zero-order valence-corrected chi connectivity index (χ0v) is 17.2. The summed E-state index contributed by atoms with van der Waals surface area (Å²) in [6, 6.07) is 12.4. The number of fused-ring (bicyclic) bond motifs is 1. The molecule has 144 valence electrons. The van der Waals surface area contributed by atoms with Crippen molar-refractivity contribution in [3.8, 4) is 5.75 Å². The zero-order valence-electron chi connectivity index (χ0n) is 16.4. The second kappa shape index (κ2) is 8.26. The average Bonchev–Trinajstić information content (AvgIpc) is 2.60. The van der Waals surface area contributed by atoms with E-state index in [1.54, 1.807) is 0 Å². The predicted octanol–water partition coefficient (Wildman–Crippen LogP) is 6.05. The number of amides is 1. The van der Waals surface area contributed by atoms with E-state index in [0.717, 1.165) is 35.6 Å². The monoisotopic (exact) mass is 385 g/mol. The lowest BCUT2D eigenvalue weighted by molar-refractivity contribution is 0.0418. The summed E-state index contributed by atoms with van der Waals surface area (Å²) in [6.45, 7) is 8.75. The molecule has 1 aliphatic heterocycles. The Morgan fingerprint density at radius 1 is 1.07 bits per heavy atom. The van der Waals surface area contributed by atoms with Crippen LogP contribution in [0.4, 0.5) is 10.5 Å². The van der Waals surface area contributed by atoms with Crippen molar-refractivity contribution in [2.24, 2.45) is 0 Å². The minimum absolute atomic E-state index is 0.414. The number of carbonyl (C=O) groups excluding carboxylic acids is 1. The Morgan fingerprint density at radius 2 is 1.89 bits per heavy atom. The number of ether oxygens (including phenoxy) is 2. The number of benzene rings is 2. The molecule has 1 heterocycles. The van der Waals surface area contributed by atoms with Crippen LogP contribution in [0, 0.1) is 13.8 Å². The van der Waals surface area contributed by atoms with E-state index >= 15 is 0 Å². The number of hydrogen-bond donors (Lipinski definition) is 1. The van der Waals surface area contributed by atoms with Crippen LogP contribution in [-0.2, 0) is 10.3 Å². The molecule has 0 bridgehead atoms. The molecule has 0 aliphatic carbocycles. The molecule has 0 saturated heterocycles. The molecule has 0 radical (unpaired) electrons. The highest BCUT2D eigenvalue weighted by Crippen LogP contribution is 2.37. The molecule has 27 heavy (non-hydrogen) atoms. The Balaban J connectivity index is 1.44. The van der Waals surface area contributed by atoms with E-state index in [2.05, 4.69) is 37.4 Å². The molecule has 1 amide bonds. The number of thioether (sulfide) groups is 1. The first-order chi connectivity index (χ1) is 12.8. The molecule has 2 aromatic carbocycles. The van der Waals surface area contributed by atoms with E-state index in [1.807, 2.05) is 43.8 Å². The molecule has 0 fully saturated rings. The lowest BCUT2D eigenvalue weighted by Gasteiger charge is -2.32. The largest absolute Gasteiger partial charge is 0.494 e. The minimum Gasteiger partial charge on any atom is -0.494 e. The Hall–Kier alpha value is -2.14. The highest BCUT2D eigenvalue weighted by molar-refractivity contribution is 7.99. The molecule has 1 aliphatic rings. The molecule has 3 rings (SSSR count). The Kier molecular flexibility index (Phi) is 6.00. The molecule has 1 N–H and O–H groups in total. The van der Waals surface area contributed by atoms with Gasteiger partial charge in [-0.25, -0.2) is 4.79 Å². The fourth-order valence-electron chi connectivity index (χ4n) is 3.03. The van der Waals surface area contributed by atoms with Gasteiger partial charge in [0.2, 0.25) is 0 Å². The summed E-state index contributed by atoms with van der Waals surface area (Å²) >= 11 is 1.90. The molecule has 0 aromatic heterocycles. The third-order valence-electron chi connectivity index (χ3n) is 4.78. The van der Waals surface area contributed by atoms with Gasteiger partial charge >= 0.3 is 6.09 Å². The molecule has 0 saturated carbocycles. The third kappa shape index (κ3) is 4.98. The summed E-state index contributed by atoms with van der Waals surface area (Å²) in [5, 5.41) is 2.73. The van der Waals surface area contributed by atoms with Crippen molar-refractivity contribution < 1.29 is 14.3 Å². The van der Waals surface area contributed by atoms with Gasteiger partial charge < -0.3 is 9.47 Å². The second-order valence-corrected chi connectivity index (χ2v) is 8.55. The van der Waals surface area contributed by atoms with Gasteiger partial charge in [0.25, 0.3) is 0 Å². The number of rotatable bonds is 7. The molecule has 4 nitrogen and oxygen atoms in total. The van der Waals surface area contributed by atoms with Crippen LogP contribution in [-0.4, -0.2) is 18.5 Å². The first-order valence-corrected chi connectivity index (χ1v) is 10.3. The number of hydrogen-bond acceptors (Lipinski definition) is 4. The maximum Gasteiger partial charge on any atom is 0.412 e. The van der Waals surface area contributed by atoms with Gasteiger partial charge in [0.05, 0.1) is 12.3 Å². The van der Waals surface area contributed by atoms with E-state index in [1.165, 1.54) is 16.0 Å². The normalized spacial score (nSPS) is 14.9. The highest BCUT2D eigenvalue weighted by Gasteiger charge is 2.33. The summed E-state index contributed by atoms with van der Waals surface area (Å²) in [4.78, 5) is 12.9. The van der Waals surface area contributed by atoms with Gasteiger partial charge in [-0.1, -0.05) is 6.07 Å². The number of carbonyl (C=O) groups is 1. The predicted molar refractivity (Wildman–Crippen MR) is 111 cm³/mol. The van der Waals surface area contributed by atoms with E-state index in [4.69, 9.17) is 9.47 Å². The minimum atomic E-state index is -0.653. The van der Waals surface area contributed by atoms with Crippen molar-refractivity contribution in [1.82, 2.24) is 0 Å². The molecule has 0 atom stereocenters. The van der Waals surface area contributed by atoms with Crippen LogP contribution >= 0.6 is 11.8 Å². The lowest BCUT2D eigenvalue weighted by Crippen LogP contribution is -2.34. The Bertz CT molecular complexity index is 832. The van der Waals surface area contributed by atoms with Gasteiger partial charge in [-0.15, -0.1) is 11.8 Å². The van der Waals surface area contributed by atoms with Crippen LogP contribution < -0.4 is 10.1 Å². The van der Waals surface area contributed by atoms with Crippen molar-refractivity contribution in [3.63, 3.8) is 0 Å². The molecule has 0 spiro atoms. The Morgan fingerprint density at radius 3 is 2.67 bits per heavy atom. The smallest absolute Gasteiger partial charge is 0.412 e. The molecule has 2 aromatic rings. The standard InChI is InChI=1S/C22H27NO3S/c1-15-7-9-18(13-16(15)2)27-12-6-5-11-25-17-8-10-20-19(14-17)22(3,4)26-21(24)23-20/h7-10,13-14H,5-6,11-12H2,1-4H3,(H,23,24). The fourth-order valence-corrected chi connectivity index (χ4v) is 4.04. The fraction of sp³-hybridized carbons (Fsp3) is 0.409. The third-order valence-corrected chi connectivity index (χ3v) is 5.86. The lowest BCUT2D eigenvalue weighted by atomic mass is 9.94. The van der Waals surface area contributed by atoms with Crippen LogP contribution in [0.15, 0.2) is 41.3 Å². The molecule has 5 heteroatoms.